The molecule has 0 radical (unpaired) electrons. The van der Waals surface area contributed by atoms with E-state index in [9.17, 15) is 4.79 Å². The zero-order valence-corrected chi connectivity index (χ0v) is 22.6. The first-order valence-electron chi connectivity index (χ1n) is 10.8. The fourth-order valence-corrected chi connectivity index (χ4v) is 5.06. The van der Waals surface area contributed by atoms with Crippen molar-refractivity contribution in [2.75, 3.05) is 6.61 Å². The van der Waals surface area contributed by atoms with Gasteiger partial charge >= 0.3 is 0 Å². The third-order valence-electron chi connectivity index (χ3n) is 4.71. The van der Waals surface area contributed by atoms with E-state index in [-0.39, 0.29) is 18.0 Å². The number of carbonyl (C=O) groups is 1. The van der Waals surface area contributed by atoms with Gasteiger partial charge in [0.15, 0.2) is 16.7 Å². The smallest absolute Gasteiger partial charge is 0.266 e. The predicted octanol–water partition coefficient (Wildman–Crippen LogP) is 7.17. The number of rotatable bonds is 8. The molecule has 0 bridgehead atoms. The van der Waals surface area contributed by atoms with Gasteiger partial charge in [-0.1, -0.05) is 45.7 Å². The van der Waals surface area contributed by atoms with Crippen LogP contribution in [0.4, 0.5) is 0 Å². The van der Waals surface area contributed by atoms with E-state index in [1.165, 1.54) is 11.8 Å². The second-order valence-corrected chi connectivity index (χ2v) is 10.3. The minimum atomic E-state index is -0.0432. The Balaban J connectivity index is 1.92. The molecule has 0 spiro atoms. The fraction of sp³-hybridized carbons (Fsp3) is 0.360. The molecule has 3 rings (SSSR count). The second kappa shape index (κ2) is 11.4. The molecule has 0 N–H and O–H groups in total. The van der Waals surface area contributed by atoms with Crippen LogP contribution in [0.2, 0.25) is 5.02 Å². The Hall–Kier alpha value is -1.96. The number of halogens is 2. The van der Waals surface area contributed by atoms with Gasteiger partial charge in [0.1, 0.15) is 6.61 Å². The van der Waals surface area contributed by atoms with Gasteiger partial charge < -0.3 is 9.47 Å². The molecule has 0 saturated carbocycles. The van der Waals surface area contributed by atoms with Gasteiger partial charge in [0.25, 0.3) is 5.91 Å². The maximum atomic E-state index is 13.1. The summed E-state index contributed by atoms with van der Waals surface area (Å²) in [7, 11) is 0. The largest absolute Gasteiger partial charge is 0.490 e. The van der Waals surface area contributed by atoms with Crippen LogP contribution in [0.5, 0.6) is 11.5 Å². The van der Waals surface area contributed by atoms with Gasteiger partial charge in [0.05, 0.1) is 11.5 Å². The zero-order valence-electron chi connectivity index (χ0n) is 19.4. The van der Waals surface area contributed by atoms with Crippen molar-refractivity contribution < 1.29 is 14.3 Å². The third kappa shape index (κ3) is 6.34. The summed E-state index contributed by atoms with van der Waals surface area (Å²) in [4.78, 5) is 20.1. The number of ether oxygens (including phenoxy) is 2. The van der Waals surface area contributed by atoms with Crippen LogP contribution in [0, 0.1) is 0 Å². The van der Waals surface area contributed by atoms with Crippen molar-refractivity contribution in [1.82, 2.24) is 4.90 Å². The van der Waals surface area contributed by atoms with Gasteiger partial charge in [-0.2, -0.15) is 0 Å². The van der Waals surface area contributed by atoms with Crippen LogP contribution in [0.1, 0.15) is 45.7 Å². The molecule has 176 valence electrons. The van der Waals surface area contributed by atoms with Crippen LogP contribution in [0.3, 0.4) is 0 Å². The Morgan fingerprint density at radius 1 is 1.15 bits per heavy atom. The van der Waals surface area contributed by atoms with Crippen LogP contribution in [-0.4, -0.2) is 34.7 Å². The molecule has 33 heavy (non-hydrogen) atoms. The molecule has 0 unspecified atom stereocenters. The van der Waals surface area contributed by atoms with Gasteiger partial charge in [-0.15, -0.1) is 0 Å². The summed E-state index contributed by atoms with van der Waals surface area (Å²) in [5, 5.41) is 1.39. The third-order valence-corrected chi connectivity index (χ3v) is 6.76. The van der Waals surface area contributed by atoms with Crippen LogP contribution in [0.25, 0.3) is 6.08 Å². The molecule has 1 fully saturated rings. The first kappa shape index (κ1) is 25.7. The summed E-state index contributed by atoms with van der Waals surface area (Å²) >= 11 is 11.3. The molecule has 1 heterocycles. The molecule has 5 nitrogen and oxygen atoms in total. The van der Waals surface area contributed by atoms with E-state index >= 15 is 0 Å². The number of benzene rings is 2. The number of carbonyl (C=O) groups excluding carboxylic acids is 1. The number of aliphatic imine (C=N–C) groups is 1. The molecule has 2 aromatic carbocycles. The molecule has 1 aliphatic rings. The lowest BCUT2D eigenvalue weighted by Crippen LogP contribution is -2.35. The molecule has 8 heteroatoms. The van der Waals surface area contributed by atoms with Crippen LogP contribution >= 0.6 is 39.3 Å². The summed E-state index contributed by atoms with van der Waals surface area (Å²) in [6.07, 6.45) is 1.87. The van der Waals surface area contributed by atoms with E-state index in [4.69, 9.17) is 21.1 Å². The van der Waals surface area contributed by atoms with Crippen molar-refractivity contribution >= 4 is 56.4 Å². The average molecular weight is 552 g/mol. The van der Waals surface area contributed by atoms with Crippen molar-refractivity contribution in [2.24, 2.45) is 4.99 Å². The SMILES string of the molecule is CCOc1cc(/C=C2/SC(=NC(C)C)N(C(C)C)C2=O)c(Br)cc1OCc1ccccc1Cl. The van der Waals surface area contributed by atoms with Crippen molar-refractivity contribution in [3.05, 3.63) is 61.9 Å². The summed E-state index contributed by atoms with van der Waals surface area (Å²) in [5.41, 5.74) is 1.72. The monoisotopic (exact) mass is 550 g/mol. The van der Waals surface area contributed by atoms with Gasteiger partial charge in [-0.3, -0.25) is 14.7 Å². The standard InChI is InChI=1S/C25H28BrClN2O3S/c1-6-31-21-11-18(12-23-24(30)29(16(4)5)25(33-23)28-15(2)3)19(26)13-22(21)32-14-17-9-7-8-10-20(17)27/h7-13,15-16H,6,14H2,1-5H3/b23-12+,28-25?. The minimum absolute atomic E-state index is 0.0245. The number of amidine groups is 1. The van der Waals surface area contributed by atoms with Crippen LogP contribution < -0.4 is 9.47 Å². The highest BCUT2D eigenvalue weighted by molar-refractivity contribution is 9.10. The molecule has 2 aromatic rings. The molecule has 1 aliphatic heterocycles. The molecule has 1 amide bonds. The average Bonchev–Trinajstić information content (AvgIpc) is 3.04. The Bertz CT molecular complexity index is 1090. The lowest BCUT2D eigenvalue weighted by atomic mass is 10.1. The summed E-state index contributed by atoms with van der Waals surface area (Å²) in [6.45, 7) is 10.7. The number of hydrogen-bond acceptors (Lipinski definition) is 5. The Morgan fingerprint density at radius 3 is 2.48 bits per heavy atom. The lowest BCUT2D eigenvalue weighted by Gasteiger charge is -2.20. The number of hydrogen-bond donors (Lipinski definition) is 0. The predicted molar refractivity (Wildman–Crippen MR) is 141 cm³/mol. The van der Waals surface area contributed by atoms with E-state index in [2.05, 4.69) is 20.9 Å². The zero-order chi connectivity index (χ0) is 24.1. The van der Waals surface area contributed by atoms with Gasteiger partial charge in [0, 0.05) is 27.1 Å². The van der Waals surface area contributed by atoms with E-state index in [1.54, 1.807) is 4.90 Å². The van der Waals surface area contributed by atoms with E-state index < -0.39 is 0 Å². The first-order chi connectivity index (χ1) is 15.7. The maximum absolute atomic E-state index is 13.1. The Kier molecular flexibility index (Phi) is 8.90. The fourth-order valence-electron chi connectivity index (χ4n) is 3.21. The highest BCUT2D eigenvalue weighted by Crippen LogP contribution is 2.39. The number of thioether (sulfide) groups is 1. The second-order valence-electron chi connectivity index (χ2n) is 8.02. The summed E-state index contributed by atoms with van der Waals surface area (Å²) < 4.78 is 12.7. The van der Waals surface area contributed by atoms with Gasteiger partial charge in [-0.05, 0) is 76.2 Å². The molecular formula is C25H28BrClN2O3S. The van der Waals surface area contributed by atoms with Gasteiger partial charge in [0.2, 0.25) is 0 Å². The topological polar surface area (TPSA) is 51.1 Å². The highest BCUT2D eigenvalue weighted by Gasteiger charge is 2.35. The molecule has 0 atom stereocenters. The number of amides is 1. The van der Waals surface area contributed by atoms with Crippen molar-refractivity contribution in [3.8, 4) is 11.5 Å². The van der Waals surface area contributed by atoms with E-state index in [0.29, 0.717) is 34.6 Å². The summed E-state index contributed by atoms with van der Waals surface area (Å²) in [6, 6.07) is 11.4. The maximum Gasteiger partial charge on any atom is 0.266 e. The van der Waals surface area contributed by atoms with Gasteiger partial charge in [-0.25, -0.2) is 0 Å². The van der Waals surface area contributed by atoms with Crippen molar-refractivity contribution in [3.63, 3.8) is 0 Å². The molecule has 0 aromatic heterocycles. The quantitative estimate of drug-likeness (QED) is 0.326. The molecule has 1 saturated heterocycles. The van der Waals surface area contributed by atoms with E-state index in [0.717, 1.165) is 20.8 Å². The number of nitrogens with zero attached hydrogens (tertiary/aromatic N) is 2. The summed E-state index contributed by atoms with van der Waals surface area (Å²) in [5.74, 6) is 1.16. The Labute approximate surface area is 213 Å². The molecular weight excluding hydrogens is 524 g/mol. The van der Waals surface area contributed by atoms with Crippen molar-refractivity contribution in [2.45, 2.75) is 53.3 Å². The van der Waals surface area contributed by atoms with Crippen molar-refractivity contribution in [1.29, 1.82) is 0 Å². The Morgan fingerprint density at radius 2 is 1.85 bits per heavy atom. The van der Waals surface area contributed by atoms with Crippen LogP contribution in [-0.2, 0) is 11.4 Å². The minimum Gasteiger partial charge on any atom is -0.490 e. The van der Waals surface area contributed by atoms with Crippen LogP contribution in [0.15, 0.2) is 50.8 Å². The highest BCUT2D eigenvalue weighted by atomic mass is 79.9. The lowest BCUT2D eigenvalue weighted by molar-refractivity contribution is -0.123. The van der Waals surface area contributed by atoms with E-state index in [1.807, 2.05) is 77.1 Å². The normalized spacial score (nSPS) is 16.5. The first-order valence-corrected chi connectivity index (χ1v) is 12.8. The molecule has 0 aliphatic carbocycles.